The number of nitrogens with one attached hydrogen (secondary N) is 1. The molecule has 1 fully saturated rings. The Bertz CT molecular complexity index is 784. The van der Waals surface area contributed by atoms with Crippen LogP contribution in [0.1, 0.15) is 22.3 Å². The minimum Gasteiger partial charge on any atom is -0.369 e. The molecule has 150 valence electrons. The van der Waals surface area contributed by atoms with Crippen molar-refractivity contribution in [3.63, 3.8) is 0 Å². The molecule has 28 heavy (non-hydrogen) atoms. The molecule has 0 atom stereocenters. The molecule has 1 aromatic carbocycles. The fraction of sp³-hybridized carbons (Fsp3) is 0.455. The summed E-state index contributed by atoms with van der Waals surface area (Å²) < 4.78 is 0. The van der Waals surface area contributed by atoms with Gasteiger partial charge in [0.25, 0.3) is 5.91 Å². The van der Waals surface area contributed by atoms with E-state index in [1.807, 2.05) is 25.1 Å². The Kier molecular flexibility index (Phi) is 6.87. The Balaban J connectivity index is 1.39. The molecular weight excluding hydrogens is 350 g/mol. The van der Waals surface area contributed by atoms with Crippen LogP contribution in [-0.4, -0.2) is 69.2 Å². The second-order valence-electron chi connectivity index (χ2n) is 7.55. The summed E-state index contributed by atoms with van der Waals surface area (Å²) in [6.45, 7) is 8.06. The van der Waals surface area contributed by atoms with Gasteiger partial charge in [0, 0.05) is 58.7 Å². The maximum Gasteiger partial charge on any atom is 0.255 e. The number of hydrogen-bond donors (Lipinski definition) is 1. The third-order valence-corrected chi connectivity index (χ3v) is 5.13. The smallest absolute Gasteiger partial charge is 0.255 e. The van der Waals surface area contributed by atoms with Crippen molar-refractivity contribution in [2.24, 2.45) is 0 Å². The van der Waals surface area contributed by atoms with Crippen molar-refractivity contribution in [1.29, 1.82) is 0 Å². The lowest BCUT2D eigenvalue weighted by molar-refractivity contribution is 0.0951. The van der Waals surface area contributed by atoms with Gasteiger partial charge in [0.05, 0.1) is 5.56 Å². The number of amides is 1. The van der Waals surface area contributed by atoms with Crippen LogP contribution in [0.3, 0.4) is 0 Å². The van der Waals surface area contributed by atoms with E-state index in [1.165, 1.54) is 11.3 Å². The molecule has 2 heterocycles. The summed E-state index contributed by atoms with van der Waals surface area (Å²) in [7, 11) is 3.80. The van der Waals surface area contributed by atoms with Crippen LogP contribution in [0.15, 0.2) is 42.6 Å². The van der Waals surface area contributed by atoms with Crippen LogP contribution in [0.2, 0.25) is 0 Å². The Morgan fingerprint density at radius 3 is 2.64 bits per heavy atom. The summed E-state index contributed by atoms with van der Waals surface area (Å²) in [4.78, 5) is 23.5. The van der Waals surface area contributed by atoms with E-state index >= 15 is 0 Å². The number of rotatable bonds is 7. The predicted molar refractivity (Wildman–Crippen MR) is 115 cm³/mol. The highest BCUT2D eigenvalue weighted by atomic mass is 16.1. The van der Waals surface area contributed by atoms with E-state index in [-0.39, 0.29) is 5.91 Å². The molecule has 0 aliphatic carbocycles. The number of aryl methyl sites for hydroxylation is 1. The molecule has 0 radical (unpaired) electrons. The number of anilines is 2. The van der Waals surface area contributed by atoms with Gasteiger partial charge in [-0.15, -0.1) is 0 Å². The summed E-state index contributed by atoms with van der Waals surface area (Å²) in [5.41, 5.74) is 3.25. The zero-order chi connectivity index (χ0) is 19.9. The first-order chi connectivity index (χ1) is 13.5. The standard InChI is InChI=1S/C22H31N5O/c1-18-7-4-8-19(17-18)27-15-13-26(14-16-27)12-6-11-24-22(28)20-9-5-10-23-21(20)25(2)3/h4-5,7-10,17H,6,11-16H2,1-3H3,(H,24,28). The van der Waals surface area contributed by atoms with Crippen LogP contribution in [0.5, 0.6) is 0 Å². The highest BCUT2D eigenvalue weighted by Gasteiger charge is 2.17. The molecule has 0 spiro atoms. The van der Waals surface area contributed by atoms with Gasteiger partial charge in [-0.1, -0.05) is 12.1 Å². The third kappa shape index (κ3) is 5.23. The van der Waals surface area contributed by atoms with Gasteiger partial charge in [0.1, 0.15) is 5.82 Å². The second-order valence-corrected chi connectivity index (χ2v) is 7.55. The summed E-state index contributed by atoms with van der Waals surface area (Å²) in [5.74, 6) is 0.647. The Morgan fingerprint density at radius 2 is 1.93 bits per heavy atom. The third-order valence-electron chi connectivity index (χ3n) is 5.13. The lowest BCUT2D eigenvalue weighted by atomic mass is 10.2. The van der Waals surface area contributed by atoms with E-state index in [1.54, 1.807) is 12.3 Å². The Labute approximate surface area is 168 Å². The van der Waals surface area contributed by atoms with Crippen LogP contribution in [0, 0.1) is 6.92 Å². The zero-order valence-corrected chi connectivity index (χ0v) is 17.2. The van der Waals surface area contributed by atoms with Crippen LogP contribution in [-0.2, 0) is 0 Å². The predicted octanol–water partition coefficient (Wildman–Crippen LogP) is 2.40. The van der Waals surface area contributed by atoms with E-state index < -0.39 is 0 Å². The number of benzene rings is 1. The number of aromatic nitrogens is 1. The van der Waals surface area contributed by atoms with Crippen molar-refractivity contribution >= 4 is 17.4 Å². The molecule has 0 unspecified atom stereocenters. The van der Waals surface area contributed by atoms with Gasteiger partial charge < -0.3 is 15.1 Å². The molecule has 2 aromatic rings. The monoisotopic (exact) mass is 381 g/mol. The lowest BCUT2D eigenvalue weighted by Gasteiger charge is -2.36. The van der Waals surface area contributed by atoms with E-state index in [9.17, 15) is 4.79 Å². The maximum atomic E-state index is 12.5. The lowest BCUT2D eigenvalue weighted by Crippen LogP contribution is -2.47. The zero-order valence-electron chi connectivity index (χ0n) is 17.2. The van der Waals surface area contributed by atoms with Gasteiger partial charge >= 0.3 is 0 Å². The van der Waals surface area contributed by atoms with Crippen LogP contribution < -0.4 is 15.1 Å². The molecule has 1 aromatic heterocycles. The van der Waals surface area contributed by atoms with Gasteiger partial charge in [0.15, 0.2) is 0 Å². The van der Waals surface area contributed by atoms with Crippen LogP contribution >= 0.6 is 0 Å². The summed E-state index contributed by atoms with van der Waals surface area (Å²) in [6, 6.07) is 12.3. The molecule has 0 saturated carbocycles. The summed E-state index contributed by atoms with van der Waals surface area (Å²) in [6.07, 6.45) is 2.66. The molecule has 6 nitrogen and oxygen atoms in total. The van der Waals surface area contributed by atoms with E-state index in [0.29, 0.717) is 17.9 Å². The normalized spacial score (nSPS) is 14.8. The quantitative estimate of drug-likeness (QED) is 0.747. The molecule has 3 rings (SSSR count). The van der Waals surface area contributed by atoms with Gasteiger partial charge in [0.2, 0.25) is 0 Å². The van der Waals surface area contributed by atoms with E-state index in [0.717, 1.165) is 39.1 Å². The van der Waals surface area contributed by atoms with Crippen molar-refractivity contribution in [2.75, 3.05) is 63.2 Å². The Hall–Kier alpha value is -2.60. The molecule has 1 N–H and O–H groups in total. The molecule has 1 aliphatic heterocycles. The number of pyridine rings is 1. The highest BCUT2D eigenvalue weighted by molar-refractivity contribution is 5.98. The highest BCUT2D eigenvalue weighted by Crippen LogP contribution is 2.18. The van der Waals surface area contributed by atoms with Crippen molar-refractivity contribution in [3.8, 4) is 0 Å². The average Bonchev–Trinajstić information content (AvgIpc) is 2.71. The first-order valence-electron chi connectivity index (χ1n) is 9.99. The largest absolute Gasteiger partial charge is 0.369 e. The molecule has 1 aliphatic rings. The fourth-order valence-electron chi connectivity index (χ4n) is 3.58. The van der Waals surface area contributed by atoms with Crippen molar-refractivity contribution in [2.45, 2.75) is 13.3 Å². The van der Waals surface area contributed by atoms with Gasteiger partial charge in [-0.25, -0.2) is 4.98 Å². The van der Waals surface area contributed by atoms with E-state index in [4.69, 9.17) is 0 Å². The molecular formula is C22H31N5O. The minimum absolute atomic E-state index is 0.0546. The average molecular weight is 382 g/mol. The number of carbonyl (C=O) groups is 1. The molecule has 1 saturated heterocycles. The minimum atomic E-state index is -0.0546. The first-order valence-corrected chi connectivity index (χ1v) is 9.99. The molecule has 6 heteroatoms. The summed E-state index contributed by atoms with van der Waals surface area (Å²) >= 11 is 0. The second kappa shape index (κ2) is 9.55. The number of carbonyl (C=O) groups excluding carboxylic acids is 1. The van der Waals surface area contributed by atoms with Crippen molar-refractivity contribution < 1.29 is 4.79 Å². The van der Waals surface area contributed by atoms with Crippen molar-refractivity contribution in [3.05, 3.63) is 53.7 Å². The van der Waals surface area contributed by atoms with Gasteiger partial charge in [-0.05, 0) is 49.7 Å². The molecule has 0 bridgehead atoms. The van der Waals surface area contributed by atoms with Crippen LogP contribution in [0.25, 0.3) is 0 Å². The fourth-order valence-corrected chi connectivity index (χ4v) is 3.58. The topological polar surface area (TPSA) is 51.7 Å². The SMILES string of the molecule is Cc1cccc(N2CCN(CCCNC(=O)c3cccnc3N(C)C)CC2)c1. The number of nitrogens with zero attached hydrogens (tertiary/aromatic N) is 4. The van der Waals surface area contributed by atoms with Gasteiger partial charge in [-0.2, -0.15) is 0 Å². The maximum absolute atomic E-state index is 12.5. The number of hydrogen-bond acceptors (Lipinski definition) is 5. The number of piperazine rings is 1. The first kappa shape index (κ1) is 20.1. The van der Waals surface area contributed by atoms with E-state index in [2.05, 4.69) is 51.3 Å². The molecule has 1 amide bonds. The van der Waals surface area contributed by atoms with Crippen molar-refractivity contribution in [1.82, 2.24) is 15.2 Å². The Morgan fingerprint density at radius 1 is 1.14 bits per heavy atom. The van der Waals surface area contributed by atoms with Gasteiger partial charge in [-0.3, -0.25) is 9.69 Å². The summed E-state index contributed by atoms with van der Waals surface area (Å²) in [5, 5.41) is 3.03. The van der Waals surface area contributed by atoms with Crippen LogP contribution in [0.4, 0.5) is 11.5 Å².